The van der Waals surface area contributed by atoms with E-state index in [0.717, 1.165) is 20.9 Å². The third-order valence-corrected chi connectivity index (χ3v) is 3.36. The zero-order valence-corrected chi connectivity index (χ0v) is 13.4. The highest BCUT2D eigenvalue weighted by atomic mass is 79.9. The molecule has 0 unspecified atom stereocenters. The van der Waals surface area contributed by atoms with Gasteiger partial charge in [-0.05, 0) is 30.7 Å². The zero-order chi connectivity index (χ0) is 14.0. The van der Waals surface area contributed by atoms with Gasteiger partial charge >= 0.3 is 5.97 Å². The van der Waals surface area contributed by atoms with Crippen molar-refractivity contribution in [2.24, 2.45) is 0 Å². The number of ether oxygens (including phenoxy) is 1. The molecular formula is C13H14BrClN2O3. The highest BCUT2D eigenvalue weighted by molar-refractivity contribution is 9.10. The van der Waals surface area contributed by atoms with E-state index in [1.165, 1.54) is 7.11 Å². The molecule has 0 aliphatic rings. The standard InChI is InChI=1S/C13H13BrN2O3.ClH/c1-7-9-5-8(14)3-4-10(9)16-12(7)13(18)15-6-11(17)19-2;/h3-5,16H,6H2,1-2H3,(H,15,18);1H. The zero-order valence-electron chi connectivity index (χ0n) is 11.0. The van der Waals surface area contributed by atoms with Gasteiger partial charge < -0.3 is 15.0 Å². The Hall–Kier alpha value is -1.53. The van der Waals surface area contributed by atoms with Crippen LogP contribution >= 0.6 is 28.3 Å². The fourth-order valence-corrected chi connectivity index (χ4v) is 2.20. The quantitative estimate of drug-likeness (QED) is 0.825. The van der Waals surface area contributed by atoms with Crippen LogP contribution in [0.5, 0.6) is 0 Å². The number of aromatic amines is 1. The SMILES string of the molecule is COC(=O)CNC(=O)c1[nH]c2ccc(Br)cc2c1C.Cl. The average Bonchev–Trinajstić information content (AvgIpc) is 2.73. The van der Waals surface area contributed by atoms with Crippen LogP contribution in [0.4, 0.5) is 0 Å². The van der Waals surface area contributed by atoms with E-state index >= 15 is 0 Å². The summed E-state index contributed by atoms with van der Waals surface area (Å²) in [4.78, 5) is 26.0. The smallest absolute Gasteiger partial charge is 0.325 e. The second-order valence-electron chi connectivity index (χ2n) is 4.07. The van der Waals surface area contributed by atoms with Crippen molar-refractivity contribution in [1.29, 1.82) is 0 Å². The molecule has 0 bridgehead atoms. The lowest BCUT2D eigenvalue weighted by molar-refractivity contribution is -0.139. The number of esters is 1. The van der Waals surface area contributed by atoms with Gasteiger partial charge in [-0.15, -0.1) is 12.4 Å². The van der Waals surface area contributed by atoms with E-state index in [1.54, 1.807) is 0 Å². The third-order valence-electron chi connectivity index (χ3n) is 2.87. The Morgan fingerprint density at radius 3 is 2.75 bits per heavy atom. The van der Waals surface area contributed by atoms with Crippen LogP contribution in [0.2, 0.25) is 0 Å². The molecule has 0 atom stereocenters. The van der Waals surface area contributed by atoms with Gasteiger partial charge in [0.2, 0.25) is 0 Å². The largest absolute Gasteiger partial charge is 0.468 e. The van der Waals surface area contributed by atoms with E-state index in [2.05, 4.69) is 31.0 Å². The summed E-state index contributed by atoms with van der Waals surface area (Å²) in [5, 5.41) is 3.48. The number of carbonyl (C=O) groups excluding carboxylic acids is 2. The van der Waals surface area contributed by atoms with Gasteiger partial charge in [-0.1, -0.05) is 15.9 Å². The van der Waals surface area contributed by atoms with E-state index in [0.29, 0.717) is 5.69 Å². The summed E-state index contributed by atoms with van der Waals surface area (Å²) in [7, 11) is 1.28. The van der Waals surface area contributed by atoms with E-state index in [9.17, 15) is 9.59 Å². The maximum absolute atomic E-state index is 12.0. The van der Waals surface area contributed by atoms with Crippen LogP contribution in [0.3, 0.4) is 0 Å². The van der Waals surface area contributed by atoms with Crippen molar-refractivity contribution in [3.8, 4) is 0 Å². The van der Waals surface area contributed by atoms with E-state index < -0.39 is 5.97 Å². The monoisotopic (exact) mass is 360 g/mol. The molecule has 0 saturated heterocycles. The van der Waals surface area contributed by atoms with Crippen LogP contribution in [-0.4, -0.2) is 30.5 Å². The van der Waals surface area contributed by atoms with E-state index in [1.807, 2.05) is 25.1 Å². The van der Waals surface area contributed by atoms with Gasteiger partial charge in [0.25, 0.3) is 5.91 Å². The first kappa shape index (κ1) is 16.5. The van der Waals surface area contributed by atoms with Crippen LogP contribution < -0.4 is 5.32 Å². The Balaban J connectivity index is 0.00000200. The summed E-state index contributed by atoms with van der Waals surface area (Å²) in [5.74, 6) is -0.805. The molecule has 2 aromatic rings. The lowest BCUT2D eigenvalue weighted by Crippen LogP contribution is -2.30. The molecule has 0 radical (unpaired) electrons. The highest BCUT2D eigenvalue weighted by Crippen LogP contribution is 2.25. The summed E-state index contributed by atoms with van der Waals surface area (Å²) in [6.45, 7) is 1.71. The Morgan fingerprint density at radius 1 is 1.40 bits per heavy atom. The second kappa shape index (κ2) is 6.76. The lowest BCUT2D eigenvalue weighted by atomic mass is 10.1. The molecule has 1 amide bonds. The van der Waals surface area contributed by atoms with Gasteiger partial charge in [-0.25, -0.2) is 0 Å². The van der Waals surface area contributed by atoms with Crippen molar-refractivity contribution in [3.05, 3.63) is 33.9 Å². The van der Waals surface area contributed by atoms with Crippen molar-refractivity contribution in [1.82, 2.24) is 10.3 Å². The number of aromatic nitrogens is 1. The van der Waals surface area contributed by atoms with Crippen LogP contribution in [0, 0.1) is 6.92 Å². The predicted molar refractivity (Wildman–Crippen MR) is 82.3 cm³/mol. The van der Waals surface area contributed by atoms with Crippen LogP contribution in [0.25, 0.3) is 10.9 Å². The maximum Gasteiger partial charge on any atom is 0.325 e. The second-order valence-corrected chi connectivity index (χ2v) is 4.99. The number of hydrogen-bond acceptors (Lipinski definition) is 3. The summed E-state index contributed by atoms with van der Waals surface area (Å²) in [5.41, 5.74) is 2.18. The molecule has 20 heavy (non-hydrogen) atoms. The number of fused-ring (bicyclic) bond motifs is 1. The molecule has 0 saturated carbocycles. The van der Waals surface area contributed by atoms with Gasteiger partial charge in [-0.3, -0.25) is 9.59 Å². The third kappa shape index (κ3) is 3.32. The van der Waals surface area contributed by atoms with Crippen molar-refractivity contribution in [3.63, 3.8) is 0 Å². The van der Waals surface area contributed by atoms with E-state index in [4.69, 9.17) is 0 Å². The normalized spacial score (nSPS) is 9.95. The molecule has 1 aromatic carbocycles. The summed E-state index contributed by atoms with van der Waals surface area (Å²) >= 11 is 3.40. The molecule has 108 valence electrons. The topological polar surface area (TPSA) is 71.2 Å². The highest BCUT2D eigenvalue weighted by Gasteiger charge is 2.15. The summed E-state index contributed by atoms with van der Waals surface area (Å²) < 4.78 is 5.42. The number of nitrogens with one attached hydrogen (secondary N) is 2. The molecule has 0 fully saturated rings. The minimum atomic E-state index is -0.482. The number of halogens is 2. The lowest BCUT2D eigenvalue weighted by Gasteiger charge is -2.02. The molecule has 7 heteroatoms. The fourth-order valence-electron chi connectivity index (χ4n) is 1.84. The van der Waals surface area contributed by atoms with Gasteiger partial charge in [0, 0.05) is 15.4 Å². The molecular weight excluding hydrogens is 348 g/mol. The number of aryl methyl sites for hydroxylation is 1. The van der Waals surface area contributed by atoms with Crippen molar-refractivity contribution in [2.45, 2.75) is 6.92 Å². The first-order valence-electron chi connectivity index (χ1n) is 5.65. The molecule has 0 aliphatic carbocycles. The molecule has 0 aliphatic heterocycles. The van der Waals surface area contributed by atoms with Crippen LogP contribution in [0.15, 0.2) is 22.7 Å². The number of amides is 1. The molecule has 5 nitrogen and oxygen atoms in total. The first-order valence-corrected chi connectivity index (χ1v) is 6.45. The Labute approximate surface area is 130 Å². The van der Waals surface area contributed by atoms with Crippen LogP contribution in [0.1, 0.15) is 16.1 Å². The van der Waals surface area contributed by atoms with Crippen molar-refractivity contribution < 1.29 is 14.3 Å². The fraction of sp³-hybridized carbons (Fsp3) is 0.231. The summed E-state index contributed by atoms with van der Waals surface area (Å²) in [6.07, 6.45) is 0. The van der Waals surface area contributed by atoms with Gasteiger partial charge in [0.15, 0.2) is 0 Å². The number of benzene rings is 1. The van der Waals surface area contributed by atoms with Crippen LogP contribution in [-0.2, 0) is 9.53 Å². The number of rotatable bonds is 3. The van der Waals surface area contributed by atoms with E-state index in [-0.39, 0.29) is 24.9 Å². The Morgan fingerprint density at radius 2 is 2.10 bits per heavy atom. The molecule has 1 aromatic heterocycles. The van der Waals surface area contributed by atoms with Gasteiger partial charge in [-0.2, -0.15) is 0 Å². The minimum absolute atomic E-state index is 0. The molecule has 2 N–H and O–H groups in total. The number of hydrogen-bond donors (Lipinski definition) is 2. The number of methoxy groups -OCH3 is 1. The molecule has 2 rings (SSSR count). The Bertz CT molecular complexity index is 654. The van der Waals surface area contributed by atoms with Crippen molar-refractivity contribution in [2.75, 3.05) is 13.7 Å². The minimum Gasteiger partial charge on any atom is -0.468 e. The van der Waals surface area contributed by atoms with Gasteiger partial charge in [0.05, 0.1) is 7.11 Å². The maximum atomic E-state index is 12.0. The summed E-state index contributed by atoms with van der Waals surface area (Å²) in [6, 6.07) is 5.73. The predicted octanol–water partition coefficient (Wildman–Crippen LogP) is 2.56. The number of H-pyrrole nitrogens is 1. The molecule has 0 spiro atoms. The van der Waals surface area contributed by atoms with Crippen molar-refractivity contribution >= 4 is 51.1 Å². The van der Waals surface area contributed by atoms with Gasteiger partial charge in [0.1, 0.15) is 12.2 Å². The first-order chi connectivity index (χ1) is 9.02. The number of carbonyl (C=O) groups is 2. The Kier molecular flexibility index (Phi) is 5.59. The molecule has 1 heterocycles. The average molecular weight is 362 g/mol.